The van der Waals surface area contributed by atoms with Gasteiger partial charge in [0.2, 0.25) is 0 Å². The fourth-order valence-corrected chi connectivity index (χ4v) is 3.53. The van der Waals surface area contributed by atoms with Crippen LogP contribution in [0.4, 0.5) is 0 Å². The third-order valence-electron chi connectivity index (χ3n) is 4.73. The van der Waals surface area contributed by atoms with Crippen LogP contribution in [0, 0.1) is 5.92 Å². The number of benzene rings is 1. The number of aromatic nitrogens is 5. The molecule has 1 saturated carbocycles. The molecule has 0 aliphatic heterocycles. The summed E-state index contributed by atoms with van der Waals surface area (Å²) in [6.45, 7) is 2.55. The number of halogens is 2. The zero-order valence-corrected chi connectivity index (χ0v) is 16.7. The normalized spacial score (nSPS) is 14.7. The Morgan fingerprint density at radius 1 is 1.25 bits per heavy atom. The molecule has 4 rings (SSSR count). The Morgan fingerprint density at radius 2 is 2.00 bits per heavy atom. The number of hydrogen-bond acceptors (Lipinski definition) is 5. The predicted octanol–water partition coefficient (Wildman–Crippen LogP) is 3.98. The van der Waals surface area contributed by atoms with Crippen LogP contribution in [0.25, 0.3) is 5.95 Å². The molecule has 1 amide bonds. The van der Waals surface area contributed by atoms with Gasteiger partial charge >= 0.3 is 0 Å². The van der Waals surface area contributed by atoms with E-state index in [1.54, 1.807) is 46.2 Å². The minimum Gasteiger partial charge on any atom is -0.328 e. The van der Waals surface area contributed by atoms with E-state index < -0.39 is 0 Å². The molecule has 2 heterocycles. The molecule has 2 aromatic heterocycles. The van der Waals surface area contributed by atoms with E-state index >= 15 is 0 Å². The van der Waals surface area contributed by atoms with Crippen LogP contribution in [0.3, 0.4) is 0 Å². The van der Waals surface area contributed by atoms with Crippen LogP contribution < -0.4 is 0 Å². The average Bonchev–Trinajstić information content (AvgIpc) is 3.38. The lowest BCUT2D eigenvalue weighted by Crippen LogP contribution is -2.37. The molecular weight excluding hydrogens is 399 g/mol. The molecule has 1 aromatic carbocycles. The van der Waals surface area contributed by atoms with E-state index in [2.05, 4.69) is 20.1 Å². The summed E-state index contributed by atoms with van der Waals surface area (Å²) in [6.07, 6.45) is 6.94. The second-order valence-electron chi connectivity index (χ2n) is 6.78. The van der Waals surface area contributed by atoms with Crippen molar-refractivity contribution < 1.29 is 4.79 Å². The molecule has 1 atom stereocenters. The Bertz CT molecular complexity index is 989. The summed E-state index contributed by atoms with van der Waals surface area (Å²) >= 11 is 12.3. The van der Waals surface area contributed by atoms with Gasteiger partial charge in [-0.15, -0.1) is 0 Å². The highest BCUT2D eigenvalue weighted by atomic mass is 35.5. The van der Waals surface area contributed by atoms with Gasteiger partial charge in [-0.25, -0.2) is 15.0 Å². The zero-order chi connectivity index (χ0) is 19.7. The molecule has 1 unspecified atom stereocenters. The summed E-state index contributed by atoms with van der Waals surface area (Å²) in [5.74, 6) is 1.32. The number of rotatable bonds is 6. The molecule has 1 aliphatic rings. The summed E-state index contributed by atoms with van der Waals surface area (Å²) in [4.78, 5) is 28.0. The third kappa shape index (κ3) is 3.86. The Balaban J connectivity index is 1.68. The number of amides is 1. The Morgan fingerprint density at radius 3 is 2.68 bits per heavy atom. The molecular formula is C19H18Cl2N6O. The van der Waals surface area contributed by atoms with Crippen molar-refractivity contribution in [3.05, 3.63) is 64.4 Å². The molecule has 1 fully saturated rings. The number of carbonyl (C=O) groups is 1. The molecule has 0 N–H and O–H groups in total. The smallest absolute Gasteiger partial charge is 0.255 e. The second kappa shape index (κ2) is 7.85. The van der Waals surface area contributed by atoms with Gasteiger partial charge in [-0.2, -0.15) is 9.78 Å². The molecule has 0 saturated heterocycles. The number of hydrogen-bond donors (Lipinski definition) is 0. The van der Waals surface area contributed by atoms with Crippen molar-refractivity contribution in [3.63, 3.8) is 0 Å². The lowest BCUT2D eigenvalue weighted by molar-refractivity contribution is 0.0671. The predicted molar refractivity (Wildman–Crippen MR) is 106 cm³/mol. The minimum absolute atomic E-state index is 0.162. The van der Waals surface area contributed by atoms with Gasteiger partial charge in [0.15, 0.2) is 5.82 Å². The van der Waals surface area contributed by atoms with Crippen molar-refractivity contribution in [3.8, 4) is 5.95 Å². The first kappa shape index (κ1) is 18.8. The van der Waals surface area contributed by atoms with E-state index in [9.17, 15) is 4.79 Å². The maximum absolute atomic E-state index is 13.3. The van der Waals surface area contributed by atoms with E-state index in [0.717, 1.165) is 12.8 Å². The van der Waals surface area contributed by atoms with Crippen molar-refractivity contribution >= 4 is 29.1 Å². The van der Waals surface area contributed by atoms with Crippen LogP contribution >= 0.6 is 23.2 Å². The van der Waals surface area contributed by atoms with Crippen molar-refractivity contribution in [2.75, 3.05) is 6.54 Å². The first-order valence-corrected chi connectivity index (χ1v) is 9.73. The van der Waals surface area contributed by atoms with E-state index in [1.165, 1.54) is 6.33 Å². The lowest BCUT2D eigenvalue weighted by Gasteiger charge is -2.29. The van der Waals surface area contributed by atoms with Crippen LogP contribution in [0.2, 0.25) is 10.0 Å². The van der Waals surface area contributed by atoms with E-state index in [1.807, 2.05) is 6.92 Å². The summed E-state index contributed by atoms with van der Waals surface area (Å²) < 4.78 is 1.56. The molecule has 9 heteroatoms. The maximum atomic E-state index is 13.3. The lowest BCUT2D eigenvalue weighted by atomic mass is 10.1. The minimum atomic E-state index is -0.342. The Hall–Kier alpha value is -2.51. The first-order valence-electron chi connectivity index (χ1n) is 8.98. The largest absolute Gasteiger partial charge is 0.328 e. The van der Waals surface area contributed by atoms with Gasteiger partial charge in [0.25, 0.3) is 11.9 Å². The van der Waals surface area contributed by atoms with E-state index in [-0.39, 0.29) is 11.9 Å². The fourth-order valence-electron chi connectivity index (χ4n) is 3.04. The summed E-state index contributed by atoms with van der Waals surface area (Å²) in [6, 6.07) is 6.29. The molecule has 0 spiro atoms. The van der Waals surface area contributed by atoms with Gasteiger partial charge in [0.1, 0.15) is 6.33 Å². The Labute approximate surface area is 172 Å². The third-order valence-corrected chi connectivity index (χ3v) is 5.28. The molecule has 0 radical (unpaired) electrons. The molecule has 28 heavy (non-hydrogen) atoms. The second-order valence-corrected chi connectivity index (χ2v) is 7.62. The highest BCUT2D eigenvalue weighted by molar-refractivity contribution is 6.36. The summed E-state index contributed by atoms with van der Waals surface area (Å²) in [5.41, 5.74) is 0.417. The molecule has 1 aliphatic carbocycles. The Kier molecular flexibility index (Phi) is 5.28. The molecule has 7 nitrogen and oxygen atoms in total. The fraction of sp³-hybridized carbons (Fsp3) is 0.316. The van der Waals surface area contributed by atoms with Crippen LogP contribution in [-0.4, -0.2) is 42.1 Å². The standard InChI is InChI=1S/C19H18Cl2N6O/c1-12(17-24-11-25-27(17)19-22-7-2-8-23-19)26(10-13-3-4-13)18(28)15-6-5-14(20)9-16(15)21/h2,5-9,11-13H,3-4,10H2,1H3. The van der Waals surface area contributed by atoms with Gasteiger partial charge in [0, 0.05) is 24.0 Å². The SMILES string of the molecule is CC(c1ncnn1-c1ncccn1)N(CC1CC1)C(=O)c1ccc(Cl)cc1Cl. The highest BCUT2D eigenvalue weighted by Crippen LogP contribution is 2.34. The monoisotopic (exact) mass is 416 g/mol. The van der Waals surface area contributed by atoms with E-state index in [4.69, 9.17) is 23.2 Å². The molecule has 144 valence electrons. The van der Waals surface area contributed by atoms with Gasteiger partial charge in [-0.1, -0.05) is 23.2 Å². The number of nitrogens with zero attached hydrogens (tertiary/aromatic N) is 6. The van der Waals surface area contributed by atoms with Crippen molar-refractivity contribution in [1.82, 2.24) is 29.6 Å². The van der Waals surface area contributed by atoms with Crippen LogP contribution in [0.1, 0.15) is 42.0 Å². The molecule has 0 bridgehead atoms. The quantitative estimate of drug-likeness (QED) is 0.607. The van der Waals surface area contributed by atoms with Crippen LogP contribution in [0.15, 0.2) is 43.0 Å². The van der Waals surface area contributed by atoms with Gasteiger partial charge in [0.05, 0.1) is 16.6 Å². The topological polar surface area (TPSA) is 76.8 Å². The maximum Gasteiger partial charge on any atom is 0.255 e. The van der Waals surface area contributed by atoms with Gasteiger partial charge in [-0.05, 0) is 49.9 Å². The molecule has 3 aromatic rings. The van der Waals surface area contributed by atoms with E-state index in [0.29, 0.717) is 39.8 Å². The van der Waals surface area contributed by atoms with Crippen LogP contribution in [0.5, 0.6) is 0 Å². The number of carbonyl (C=O) groups excluding carboxylic acids is 1. The average molecular weight is 417 g/mol. The van der Waals surface area contributed by atoms with Crippen molar-refractivity contribution in [1.29, 1.82) is 0 Å². The summed E-state index contributed by atoms with van der Waals surface area (Å²) in [5, 5.41) is 5.07. The zero-order valence-electron chi connectivity index (χ0n) is 15.2. The van der Waals surface area contributed by atoms with Crippen molar-refractivity contribution in [2.24, 2.45) is 5.92 Å². The van der Waals surface area contributed by atoms with Gasteiger partial charge < -0.3 is 4.90 Å². The van der Waals surface area contributed by atoms with Crippen molar-refractivity contribution in [2.45, 2.75) is 25.8 Å². The summed E-state index contributed by atoms with van der Waals surface area (Å²) in [7, 11) is 0. The van der Waals surface area contributed by atoms with Crippen LogP contribution in [-0.2, 0) is 0 Å². The highest BCUT2D eigenvalue weighted by Gasteiger charge is 2.33. The van der Waals surface area contributed by atoms with Gasteiger partial charge in [-0.3, -0.25) is 4.79 Å². The first-order chi connectivity index (χ1) is 13.5.